The van der Waals surface area contributed by atoms with Gasteiger partial charge in [-0.3, -0.25) is 24.0 Å². The third-order valence-corrected chi connectivity index (χ3v) is 6.28. The Morgan fingerprint density at radius 2 is 1.72 bits per heavy atom. The number of nitrogens with one attached hydrogen (secondary N) is 3. The van der Waals surface area contributed by atoms with Gasteiger partial charge in [-0.2, -0.15) is 25.3 Å². The van der Waals surface area contributed by atoms with Crippen molar-refractivity contribution in [2.45, 2.75) is 103 Å². The number of amides is 3. The van der Waals surface area contributed by atoms with Crippen molar-refractivity contribution in [1.82, 2.24) is 16.0 Å². The van der Waals surface area contributed by atoms with Crippen molar-refractivity contribution in [1.29, 1.82) is 0 Å². The minimum Gasteiger partial charge on any atom is -0.460 e. The lowest BCUT2D eigenvalue weighted by Crippen LogP contribution is -2.57. The number of rotatable bonds is 8. The lowest BCUT2D eigenvalue weighted by molar-refractivity contribution is -0.155. The molecule has 39 heavy (non-hydrogen) atoms. The topological polar surface area (TPSA) is 160 Å². The predicted octanol–water partition coefficient (Wildman–Crippen LogP) is 1.09. The molecule has 13 heteroatoms. The molecule has 3 amide bonds. The van der Waals surface area contributed by atoms with Crippen LogP contribution < -0.4 is 16.0 Å². The number of thiol groups is 2. The number of carbonyl (C=O) groups is 5. The Morgan fingerprint density at radius 3 is 2.28 bits per heavy atom. The van der Waals surface area contributed by atoms with Crippen LogP contribution in [0.3, 0.4) is 0 Å². The molecule has 1 aliphatic heterocycles. The molecule has 0 unspecified atom stereocenters. The maximum atomic E-state index is 13.2. The minimum atomic E-state index is -1.28. The molecule has 1 fully saturated rings. The van der Waals surface area contributed by atoms with Crippen LogP contribution in [0, 0.1) is 5.92 Å². The lowest BCUT2D eigenvalue weighted by Gasteiger charge is -2.29. The van der Waals surface area contributed by atoms with Gasteiger partial charge in [0.1, 0.15) is 23.8 Å². The largest absolute Gasteiger partial charge is 0.460 e. The number of cyclic esters (lactones) is 1. The third-order valence-electron chi connectivity index (χ3n) is 5.66. The van der Waals surface area contributed by atoms with E-state index in [2.05, 4.69) is 41.2 Å². The standard InChI is InChI=1S/C26H43N3O8S2/c1-15(2)23-19(30)13-22(33)36-16(8-6-7-11-38)12-20(31)27-17(9-10-21(32)37-26(3,4)5)24(34)28-18(14-39)25(35)29-23/h6,8,15-19,23,30,38-39H,7,9-14H2,1-5H3,(H,27,31)(H,28,34)(H,29,35)/t16-,17-,18-,19+,23-/m1/s1. The summed E-state index contributed by atoms with van der Waals surface area (Å²) in [7, 11) is 0. The lowest BCUT2D eigenvalue weighted by atomic mass is 9.96. The molecular weight excluding hydrogens is 546 g/mol. The highest BCUT2D eigenvalue weighted by molar-refractivity contribution is 7.80. The first-order valence-electron chi connectivity index (χ1n) is 13.0. The maximum absolute atomic E-state index is 13.2. The van der Waals surface area contributed by atoms with Crippen LogP contribution >= 0.6 is 25.3 Å². The number of hydrogen-bond donors (Lipinski definition) is 6. The van der Waals surface area contributed by atoms with Gasteiger partial charge in [-0.1, -0.05) is 19.9 Å². The van der Waals surface area contributed by atoms with Gasteiger partial charge in [-0.25, -0.2) is 0 Å². The zero-order valence-electron chi connectivity index (χ0n) is 23.3. The van der Waals surface area contributed by atoms with Gasteiger partial charge in [0.05, 0.1) is 25.0 Å². The summed E-state index contributed by atoms with van der Waals surface area (Å²) in [6, 6.07) is -3.12. The van der Waals surface area contributed by atoms with Gasteiger partial charge < -0.3 is 30.5 Å². The number of esters is 2. The van der Waals surface area contributed by atoms with Crippen LogP contribution in [0.25, 0.3) is 0 Å². The summed E-state index contributed by atoms with van der Waals surface area (Å²) in [4.78, 5) is 64.0. The van der Waals surface area contributed by atoms with Crippen molar-refractivity contribution in [2.75, 3.05) is 11.5 Å². The fraction of sp³-hybridized carbons (Fsp3) is 0.731. The van der Waals surface area contributed by atoms with Crippen molar-refractivity contribution in [2.24, 2.45) is 5.92 Å². The van der Waals surface area contributed by atoms with Crippen LogP contribution in [-0.4, -0.2) is 82.2 Å². The van der Waals surface area contributed by atoms with E-state index in [0.29, 0.717) is 12.2 Å². The van der Waals surface area contributed by atoms with Crippen LogP contribution in [-0.2, 0) is 33.4 Å². The molecule has 0 aromatic carbocycles. The Balaban J connectivity index is 3.31. The van der Waals surface area contributed by atoms with Crippen molar-refractivity contribution >= 4 is 54.9 Å². The average molecular weight is 590 g/mol. The van der Waals surface area contributed by atoms with Crippen molar-refractivity contribution in [3.05, 3.63) is 12.2 Å². The first-order chi connectivity index (χ1) is 18.2. The first-order valence-corrected chi connectivity index (χ1v) is 14.3. The monoisotopic (exact) mass is 589 g/mol. The summed E-state index contributed by atoms with van der Waals surface area (Å²) in [6.07, 6.45) is 0.586. The Hall–Kier alpha value is -2.25. The summed E-state index contributed by atoms with van der Waals surface area (Å²) in [5.74, 6) is -3.05. The maximum Gasteiger partial charge on any atom is 0.309 e. The van der Waals surface area contributed by atoms with E-state index in [-0.39, 0.29) is 30.9 Å². The Kier molecular flexibility index (Phi) is 14.9. The summed E-state index contributed by atoms with van der Waals surface area (Å²) >= 11 is 8.31. The van der Waals surface area contributed by atoms with Gasteiger partial charge in [-0.15, -0.1) is 0 Å². The van der Waals surface area contributed by atoms with E-state index in [0.717, 1.165) is 0 Å². The molecule has 0 aromatic rings. The Morgan fingerprint density at radius 1 is 1.08 bits per heavy atom. The van der Waals surface area contributed by atoms with Crippen LogP contribution in [0.15, 0.2) is 12.2 Å². The second kappa shape index (κ2) is 16.8. The van der Waals surface area contributed by atoms with Gasteiger partial charge in [0.2, 0.25) is 17.7 Å². The zero-order valence-corrected chi connectivity index (χ0v) is 25.1. The molecule has 11 nitrogen and oxygen atoms in total. The summed E-state index contributed by atoms with van der Waals surface area (Å²) < 4.78 is 10.8. The summed E-state index contributed by atoms with van der Waals surface area (Å²) in [6.45, 7) is 8.66. The fourth-order valence-electron chi connectivity index (χ4n) is 3.78. The molecule has 0 saturated carbocycles. The number of carbonyl (C=O) groups excluding carboxylic acids is 5. The van der Waals surface area contributed by atoms with Crippen molar-refractivity contribution in [3.63, 3.8) is 0 Å². The molecule has 4 N–H and O–H groups in total. The highest BCUT2D eigenvalue weighted by Gasteiger charge is 2.33. The normalized spacial score (nSPS) is 26.2. The number of aliphatic hydroxyl groups is 1. The molecule has 0 radical (unpaired) electrons. The molecule has 0 spiro atoms. The molecule has 1 aliphatic rings. The van der Waals surface area contributed by atoms with E-state index in [1.54, 1.807) is 46.8 Å². The molecule has 5 atom stereocenters. The summed E-state index contributed by atoms with van der Waals surface area (Å²) in [5, 5.41) is 18.6. The zero-order chi connectivity index (χ0) is 29.8. The number of hydrogen-bond acceptors (Lipinski definition) is 10. The Labute approximate surface area is 241 Å². The van der Waals surface area contributed by atoms with E-state index in [4.69, 9.17) is 9.47 Å². The van der Waals surface area contributed by atoms with Gasteiger partial charge in [0, 0.05) is 12.2 Å². The molecular formula is C26H43N3O8S2. The van der Waals surface area contributed by atoms with E-state index in [9.17, 15) is 29.1 Å². The number of allylic oxidation sites excluding steroid dienone is 1. The second-order valence-electron chi connectivity index (χ2n) is 10.7. The minimum absolute atomic E-state index is 0.0781. The number of aliphatic hydroxyl groups excluding tert-OH is 1. The highest BCUT2D eigenvalue weighted by atomic mass is 32.1. The SMILES string of the molecule is CC(C)[C@H]1NC(=O)[C@@H](CS)NC(=O)[C@@H](CCC(=O)OC(C)(C)C)NC(=O)C[C@@H](C=CCCS)OC(=O)C[C@@H]1O. The van der Waals surface area contributed by atoms with Crippen LogP contribution in [0.4, 0.5) is 0 Å². The third kappa shape index (κ3) is 13.6. The van der Waals surface area contributed by atoms with E-state index in [1.165, 1.54) is 0 Å². The van der Waals surface area contributed by atoms with Gasteiger partial charge in [0.15, 0.2) is 0 Å². The van der Waals surface area contributed by atoms with Crippen LogP contribution in [0.5, 0.6) is 0 Å². The van der Waals surface area contributed by atoms with E-state index in [1.807, 2.05) is 0 Å². The van der Waals surface area contributed by atoms with Crippen molar-refractivity contribution in [3.8, 4) is 0 Å². The molecule has 0 aromatic heterocycles. The smallest absolute Gasteiger partial charge is 0.309 e. The van der Waals surface area contributed by atoms with E-state index < -0.39 is 72.0 Å². The molecule has 0 bridgehead atoms. The van der Waals surface area contributed by atoms with Crippen LogP contribution in [0.1, 0.15) is 66.7 Å². The van der Waals surface area contributed by atoms with E-state index >= 15 is 0 Å². The molecule has 1 saturated heterocycles. The summed E-state index contributed by atoms with van der Waals surface area (Å²) in [5.41, 5.74) is -0.729. The molecule has 0 aliphatic carbocycles. The average Bonchev–Trinajstić information content (AvgIpc) is 2.81. The highest BCUT2D eigenvalue weighted by Crippen LogP contribution is 2.15. The Bertz CT molecular complexity index is 891. The predicted molar refractivity (Wildman–Crippen MR) is 152 cm³/mol. The fourth-order valence-corrected chi connectivity index (χ4v) is 4.19. The van der Waals surface area contributed by atoms with Crippen LogP contribution in [0.2, 0.25) is 0 Å². The molecule has 1 rings (SSSR count). The molecule has 1 heterocycles. The first kappa shape index (κ1) is 34.8. The van der Waals surface area contributed by atoms with Crippen molar-refractivity contribution < 1.29 is 38.6 Å². The second-order valence-corrected chi connectivity index (χ2v) is 11.5. The van der Waals surface area contributed by atoms with Gasteiger partial charge in [0.25, 0.3) is 0 Å². The quantitative estimate of drug-likeness (QED) is 0.139. The molecule has 222 valence electrons. The number of ether oxygens (including phenoxy) is 2. The van der Waals surface area contributed by atoms with Gasteiger partial charge in [-0.05, 0) is 51.4 Å². The van der Waals surface area contributed by atoms with Gasteiger partial charge >= 0.3 is 11.9 Å².